The van der Waals surface area contributed by atoms with Crippen molar-refractivity contribution >= 4 is 23.2 Å². The van der Waals surface area contributed by atoms with E-state index in [9.17, 15) is 13.6 Å². The molecule has 0 bridgehead atoms. The Labute approximate surface area is 189 Å². The number of amides is 1. The van der Waals surface area contributed by atoms with E-state index in [0.29, 0.717) is 48.3 Å². The number of rotatable bonds is 6. The summed E-state index contributed by atoms with van der Waals surface area (Å²) >= 11 is 6.10. The van der Waals surface area contributed by atoms with Gasteiger partial charge in [0.05, 0.1) is 6.54 Å². The molecular formula is C23H23ClF2N4O2. The number of piperazine rings is 1. The third-order valence-electron chi connectivity index (χ3n) is 5.46. The van der Waals surface area contributed by atoms with E-state index in [1.807, 2.05) is 13.0 Å². The second kappa shape index (κ2) is 9.77. The van der Waals surface area contributed by atoms with Gasteiger partial charge >= 0.3 is 0 Å². The number of carbonyl (C=O) groups excluding carboxylic acids is 1. The van der Waals surface area contributed by atoms with E-state index in [-0.39, 0.29) is 11.6 Å². The number of nitrogens with zero attached hydrogens (tertiary/aromatic N) is 3. The van der Waals surface area contributed by atoms with Crippen molar-refractivity contribution in [1.82, 2.24) is 14.8 Å². The zero-order valence-corrected chi connectivity index (χ0v) is 18.3. The Bertz CT molecular complexity index is 1110. The van der Waals surface area contributed by atoms with E-state index in [0.717, 1.165) is 24.7 Å². The van der Waals surface area contributed by atoms with Crippen LogP contribution in [0, 0.1) is 18.6 Å². The van der Waals surface area contributed by atoms with Crippen molar-refractivity contribution in [1.29, 1.82) is 0 Å². The molecule has 6 nitrogen and oxygen atoms in total. The lowest BCUT2D eigenvalue weighted by molar-refractivity contribution is 0.102. The molecule has 0 radical (unpaired) electrons. The van der Waals surface area contributed by atoms with E-state index in [2.05, 4.69) is 20.1 Å². The predicted octanol–water partition coefficient (Wildman–Crippen LogP) is 4.48. The second-order valence-corrected chi connectivity index (χ2v) is 8.22. The first-order chi connectivity index (χ1) is 15.4. The molecule has 1 saturated heterocycles. The number of hydrogen-bond donors (Lipinski definition) is 1. The largest absolute Gasteiger partial charge is 0.447 e. The van der Waals surface area contributed by atoms with Crippen LogP contribution in [0.3, 0.4) is 0 Å². The van der Waals surface area contributed by atoms with Gasteiger partial charge < -0.3 is 9.73 Å². The average molecular weight is 461 g/mol. The lowest BCUT2D eigenvalue weighted by atomic mass is 10.1. The topological polar surface area (TPSA) is 61.6 Å². The lowest BCUT2D eigenvalue weighted by Crippen LogP contribution is -2.45. The maximum absolute atomic E-state index is 13.9. The van der Waals surface area contributed by atoms with E-state index in [1.54, 1.807) is 18.2 Å². The van der Waals surface area contributed by atoms with Crippen LogP contribution in [0.25, 0.3) is 0 Å². The first-order valence-corrected chi connectivity index (χ1v) is 10.7. The molecule has 0 atom stereocenters. The molecule has 32 heavy (non-hydrogen) atoms. The fourth-order valence-corrected chi connectivity index (χ4v) is 3.74. The van der Waals surface area contributed by atoms with Crippen molar-refractivity contribution in [3.8, 4) is 0 Å². The van der Waals surface area contributed by atoms with Crippen molar-refractivity contribution in [2.24, 2.45) is 0 Å². The summed E-state index contributed by atoms with van der Waals surface area (Å²) in [6.45, 7) is 5.58. The molecule has 1 N–H and O–H groups in total. The Kier molecular flexibility index (Phi) is 6.83. The Morgan fingerprint density at radius 1 is 1.12 bits per heavy atom. The molecule has 2 aromatic carbocycles. The number of halogens is 3. The number of benzene rings is 2. The number of aryl methyl sites for hydroxylation is 1. The van der Waals surface area contributed by atoms with Gasteiger partial charge in [0.15, 0.2) is 17.3 Å². The second-order valence-electron chi connectivity index (χ2n) is 7.81. The summed E-state index contributed by atoms with van der Waals surface area (Å²) in [4.78, 5) is 20.9. The molecule has 3 aromatic rings. The van der Waals surface area contributed by atoms with Gasteiger partial charge in [0.25, 0.3) is 5.91 Å². The van der Waals surface area contributed by atoms with E-state index in [4.69, 9.17) is 16.0 Å². The Hall–Kier alpha value is -2.81. The Balaban J connectivity index is 1.28. The molecule has 2 heterocycles. The van der Waals surface area contributed by atoms with Crippen LogP contribution in [0.5, 0.6) is 0 Å². The summed E-state index contributed by atoms with van der Waals surface area (Å²) in [5.74, 6) is -1.53. The van der Waals surface area contributed by atoms with Crippen LogP contribution in [0.15, 0.2) is 47.1 Å². The number of hydrogen-bond acceptors (Lipinski definition) is 5. The Morgan fingerprint density at radius 3 is 2.56 bits per heavy atom. The maximum Gasteiger partial charge on any atom is 0.277 e. The molecule has 1 aliphatic rings. The highest BCUT2D eigenvalue weighted by Gasteiger charge is 2.21. The highest BCUT2D eigenvalue weighted by atomic mass is 35.5. The molecule has 0 unspecified atom stereocenters. The number of nitrogens with one attached hydrogen (secondary N) is 1. The molecule has 1 aromatic heterocycles. The van der Waals surface area contributed by atoms with Crippen LogP contribution < -0.4 is 5.32 Å². The summed E-state index contributed by atoms with van der Waals surface area (Å²) in [7, 11) is 0. The van der Waals surface area contributed by atoms with E-state index >= 15 is 0 Å². The maximum atomic E-state index is 13.9. The van der Waals surface area contributed by atoms with Gasteiger partial charge in [-0.2, -0.15) is 0 Å². The number of aromatic nitrogens is 1. The van der Waals surface area contributed by atoms with Crippen LogP contribution in [0.4, 0.5) is 14.5 Å². The van der Waals surface area contributed by atoms with Gasteiger partial charge in [-0.1, -0.05) is 29.8 Å². The van der Waals surface area contributed by atoms with Gasteiger partial charge in [0.2, 0.25) is 5.89 Å². The molecule has 1 fully saturated rings. The first-order valence-electron chi connectivity index (χ1n) is 10.3. The number of oxazole rings is 1. The number of carbonyl (C=O) groups is 1. The third-order valence-corrected chi connectivity index (χ3v) is 5.87. The number of anilines is 1. The monoisotopic (exact) mass is 460 g/mol. The van der Waals surface area contributed by atoms with Crippen molar-refractivity contribution in [2.75, 3.05) is 31.5 Å². The standard InChI is InChI=1S/C23H23ClF2N4O2/c1-15-5-6-17(11-18(15)24)27-23(31)20-14-32-21(28-20)13-30-9-7-29(8-10-30)12-16-3-2-4-19(25)22(16)26/h2-6,11,14H,7-10,12-13H2,1H3,(H,27,31). The molecular weight excluding hydrogens is 438 g/mol. The van der Waals surface area contributed by atoms with Crippen LogP contribution in [0.2, 0.25) is 5.02 Å². The fraction of sp³-hybridized carbons (Fsp3) is 0.304. The van der Waals surface area contributed by atoms with Crippen molar-refractivity contribution in [3.05, 3.63) is 82.0 Å². The highest BCUT2D eigenvalue weighted by Crippen LogP contribution is 2.21. The van der Waals surface area contributed by atoms with Crippen molar-refractivity contribution in [3.63, 3.8) is 0 Å². The predicted molar refractivity (Wildman–Crippen MR) is 118 cm³/mol. The minimum atomic E-state index is -0.824. The molecule has 0 spiro atoms. The summed E-state index contributed by atoms with van der Waals surface area (Å²) in [6.07, 6.45) is 1.34. The molecule has 168 valence electrons. The summed E-state index contributed by atoms with van der Waals surface area (Å²) in [6, 6.07) is 9.54. The zero-order valence-electron chi connectivity index (χ0n) is 17.6. The van der Waals surface area contributed by atoms with Crippen LogP contribution >= 0.6 is 11.6 Å². The molecule has 4 rings (SSSR count). The lowest BCUT2D eigenvalue weighted by Gasteiger charge is -2.34. The van der Waals surface area contributed by atoms with Gasteiger partial charge in [-0.05, 0) is 30.7 Å². The molecule has 1 aliphatic heterocycles. The van der Waals surface area contributed by atoms with Gasteiger partial charge in [-0.15, -0.1) is 0 Å². The smallest absolute Gasteiger partial charge is 0.277 e. The SMILES string of the molecule is Cc1ccc(NC(=O)c2coc(CN3CCN(Cc4cccc(F)c4F)CC3)n2)cc1Cl. The minimum Gasteiger partial charge on any atom is -0.447 e. The quantitative estimate of drug-likeness (QED) is 0.587. The van der Waals surface area contributed by atoms with Gasteiger partial charge in [0.1, 0.15) is 6.26 Å². The molecule has 0 saturated carbocycles. The Morgan fingerprint density at radius 2 is 1.84 bits per heavy atom. The summed E-state index contributed by atoms with van der Waals surface area (Å²) in [5.41, 5.74) is 2.06. The van der Waals surface area contributed by atoms with E-state index < -0.39 is 11.6 Å². The molecule has 9 heteroatoms. The summed E-state index contributed by atoms with van der Waals surface area (Å²) < 4.78 is 32.8. The first kappa shape index (κ1) is 22.4. The van der Waals surface area contributed by atoms with Gasteiger partial charge in [0, 0.05) is 49.0 Å². The normalized spacial score (nSPS) is 15.1. The molecule has 0 aliphatic carbocycles. The molecule has 1 amide bonds. The fourth-order valence-electron chi connectivity index (χ4n) is 3.56. The summed E-state index contributed by atoms with van der Waals surface area (Å²) in [5, 5.41) is 3.33. The van der Waals surface area contributed by atoms with Crippen LogP contribution in [-0.4, -0.2) is 46.9 Å². The van der Waals surface area contributed by atoms with E-state index in [1.165, 1.54) is 12.3 Å². The van der Waals surface area contributed by atoms with Gasteiger partial charge in [-0.3, -0.25) is 14.6 Å². The van der Waals surface area contributed by atoms with Crippen LogP contribution in [-0.2, 0) is 13.1 Å². The highest BCUT2D eigenvalue weighted by molar-refractivity contribution is 6.31. The van der Waals surface area contributed by atoms with Crippen molar-refractivity contribution < 1.29 is 18.0 Å². The van der Waals surface area contributed by atoms with Crippen LogP contribution in [0.1, 0.15) is 27.5 Å². The third kappa shape index (κ3) is 5.32. The van der Waals surface area contributed by atoms with Crippen molar-refractivity contribution in [2.45, 2.75) is 20.0 Å². The average Bonchev–Trinajstić information content (AvgIpc) is 3.24. The minimum absolute atomic E-state index is 0.192. The zero-order chi connectivity index (χ0) is 22.7. The van der Waals surface area contributed by atoms with Gasteiger partial charge in [-0.25, -0.2) is 13.8 Å².